The molecule has 0 N–H and O–H groups in total. The Balaban J connectivity index is 2.01. The molecule has 0 saturated carbocycles. The fraction of sp³-hybridized carbons (Fsp3) is 0.720. The summed E-state index contributed by atoms with van der Waals surface area (Å²) in [5, 5.41) is -0.0962. The normalized spacial score (nSPS) is 26.5. The predicted octanol–water partition coefficient (Wildman–Crippen LogP) is 4.70. The van der Waals surface area contributed by atoms with E-state index in [4.69, 9.17) is 18.6 Å². The summed E-state index contributed by atoms with van der Waals surface area (Å²) in [6, 6.07) is -0.981. The average Bonchev–Trinajstić information content (AvgIpc) is 3.09. The fourth-order valence-corrected chi connectivity index (χ4v) is 5.07. The topological polar surface area (TPSA) is 91.4 Å². The number of hydrogen-bond acceptors (Lipinski definition) is 7. The standard InChI is InChI=1S/C25H39NO7Si/c1-23(2,3)32-22(29)26-15-11-12-16(26)18(17(13-15)33-34(9,10)24(4,5)6)20(27)31-19-21(28)30-14-25(19,7)8/h11-12,15-16,19H,13-14H2,1-10H3/t15-,16+,19+/m1/s1. The molecule has 34 heavy (non-hydrogen) atoms. The molecule has 8 nitrogen and oxygen atoms in total. The Labute approximate surface area is 203 Å². The van der Waals surface area contributed by atoms with Crippen molar-refractivity contribution in [2.24, 2.45) is 5.41 Å². The highest BCUT2D eigenvalue weighted by Gasteiger charge is 2.51. The monoisotopic (exact) mass is 493 g/mol. The number of fused-ring (bicyclic) bond motifs is 2. The summed E-state index contributed by atoms with van der Waals surface area (Å²) in [7, 11) is -2.30. The summed E-state index contributed by atoms with van der Waals surface area (Å²) in [4.78, 5) is 40.5. The first kappa shape index (κ1) is 26.3. The van der Waals surface area contributed by atoms with Crippen molar-refractivity contribution in [2.45, 2.75) is 104 Å². The lowest BCUT2D eigenvalue weighted by atomic mass is 9.89. The summed E-state index contributed by atoms with van der Waals surface area (Å²) in [5.74, 6) is -0.708. The predicted molar refractivity (Wildman–Crippen MR) is 129 cm³/mol. The maximum Gasteiger partial charge on any atom is 0.411 e. The van der Waals surface area contributed by atoms with Gasteiger partial charge in [0.15, 0.2) is 0 Å². The second-order valence-electron chi connectivity index (χ2n) is 12.6. The molecule has 3 aliphatic heterocycles. The number of amides is 1. The molecule has 3 aliphatic rings. The highest BCUT2D eigenvalue weighted by Crippen LogP contribution is 2.44. The molecule has 1 fully saturated rings. The van der Waals surface area contributed by atoms with Crippen molar-refractivity contribution in [1.29, 1.82) is 0 Å². The Bertz CT molecular complexity index is 936. The molecule has 2 bridgehead atoms. The van der Waals surface area contributed by atoms with Gasteiger partial charge in [-0.3, -0.25) is 4.90 Å². The van der Waals surface area contributed by atoms with Gasteiger partial charge in [0.05, 0.1) is 23.4 Å². The van der Waals surface area contributed by atoms with Crippen LogP contribution >= 0.6 is 0 Å². The van der Waals surface area contributed by atoms with E-state index < -0.39 is 49.5 Å². The van der Waals surface area contributed by atoms with E-state index in [1.807, 2.05) is 26.0 Å². The number of carbonyl (C=O) groups excluding carboxylic acids is 3. The van der Waals surface area contributed by atoms with Crippen LogP contribution in [0, 0.1) is 5.41 Å². The highest BCUT2D eigenvalue weighted by molar-refractivity contribution is 6.74. The van der Waals surface area contributed by atoms with Crippen LogP contribution in [-0.4, -0.2) is 61.6 Å². The van der Waals surface area contributed by atoms with Crippen molar-refractivity contribution < 1.29 is 33.0 Å². The van der Waals surface area contributed by atoms with Crippen LogP contribution in [0.5, 0.6) is 0 Å². The maximum absolute atomic E-state index is 13.6. The summed E-state index contributed by atoms with van der Waals surface area (Å²) in [6.45, 7) is 19.8. The number of rotatable bonds is 4. The van der Waals surface area contributed by atoms with E-state index >= 15 is 0 Å². The van der Waals surface area contributed by atoms with Gasteiger partial charge in [-0.2, -0.15) is 0 Å². The first-order chi connectivity index (χ1) is 15.3. The van der Waals surface area contributed by atoms with E-state index in [-0.39, 0.29) is 23.3 Å². The van der Waals surface area contributed by atoms with Gasteiger partial charge in [-0.25, -0.2) is 14.4 Å². The molecule has 0 unspecified atom stereocenters. The van der Waals surface area contributed by atoms with Crippen LogP contribution in [0.25, 0.3) is 0 Å². The lowest BCUT2D eigenvalue weighted by molar-refractivity contribution is -0.160. The highest BCUT2D eigenvalue weighted by atomic mass is 28.4. The number of ether oxygens (including phenoxy) is 3. The van der Waals surface area contributed by atoms with Crippen LogP contribution in [0.4, 0.5) is 4.79 Å². The maximum atomic E-state index is 13.6. The van der Waals surface area contributed by atoms with E-state index in [1.165, 1.54) is 0 Å². The smallest absolute Gasteiger partial charge is 0.411 e. The lowest BCUT2D eigenvalue weighted by Crippen LogP contribution is -2.51. The van der Waals surface area contributed by atoms with Crippen LogP contribution in [0.1, 0.15) is 61.8 Å². The van der Waals surface area contributed by atoms with Gasteiger partial charge in [0.1, 0.15) is 12.2 Å². The van der Waals surface area contributed by atoms with Gasteiger partial charge >= 0.3 is 18.0 Å². The van der Waals surface area contributed by atoms with E-state index in [9.17, 15) is 14.4 Å². The van der Waals surface area contributed by atoms with Gasteiger partial charge in [-0.1, -0.05) is 46.8 Å². The first-order valence-electron chi connectivity index (χ1n) is 11.8. The van der Waals surface area contributed by atoms with Gasteiger partial charge in [-0.05, 0) is 38.9 Å². The van der Waals surface area contributed by atoms with Crippen LogP contribution in [0.3, 0.4) is 0 Å². The van der Waals surface area contributed by atoms with Crippen LogP contribution < -0.4 is 0 Å². The second kappa shape index (κ2) is 8.43. The quantitative estimate of drug-likeness (QED) is 0.242. The molecule has 3 rings (SSSR count). The van der Waals surface area contributed by atoms with E-state index in [1.54, 1.807) is 25.7 Å². The molecule has 0 spiro atoms. The van der Waals surface area contributed by atoms with Crippen LogP contribution in [-0.2, 0) is 28.2 Å². The molecular weight excluding hydrogens is 454 g/mol. The van der Waals surface area contributed by atoms with Crippen LogP contribution in [0.2, 0.25) is 18.1 Å². The number of nitrogens with zero attached hydrogens (tertiary/aromatic N) is 1. The van der Waals surface area contributed by atoms with Gasteiger partial charge in [-0.15, -0.1) is 0 Å². The Hall–Kier alpha value is -2.29. The third-order valence-corrected chi connectivity index (χ3v) is 11.3. The van der Waals surface area contributed by atoms with Crippen molar-refractivity contribution >= 4 is 26.3 Å². The third kappa shape index (κ3) is 5.04. The summed E-state index contributed by atoms with van der Waals surface area (Å²) in [6.07, 6.45) is 2.51. The minimum Gasteiger partial charge on any atom is -0.546 e. The molecule has 0 aromatic rings. The molecule has 0 aromatic carbocycles. The van der Waals surface area contributed by atoms with Crippen molar-refractivity contribution in [3.63, 3.8) is 0 Å². The molecule has 3 atom stereocenters. The molecule has 190 valence electrons. The van der Waals surface area contributed by atoms with Crippen molar-refractivity contribution in [2.75, 3.05) is 6.61 Å². The summed E-state index contributed by atoms with van der Waals surface area (Å²) < 4.78 is 23.1. The number of carbonyl (C=O) groups is 3. The minimum absolute atomic E-state index is 0.0962. The zero-order chi connectivity index (χ0) is 25.9. The third-order valence-electron chi connectivity index (χ3n) is 6.91. The Morgan fingerprint density at radius 2 is 1.74 bits per heavy atom. The molecular formula is C25H39NO7Si. The van der Waals surface area contributed by atoms with Gasteiger partial charge in [0.2, 0.25) is 14.4 Å². The van der Waals surface area contributed by atoms with Crippen LogP contribution in [0.15, 0.2) is 23.5 Å². The lowest BCUT2D eigenvalue weighted by Gasteiger charge is -2.42. The first-order valence-corrected chi connectivity index (χ1v) is 14.7. The SMILES string of the molecule is CC(C)(C)OC(=O)N1[C@@H]2C=C[C@H]1C(C(=O)O[C@H]1C(=O)OCC1(C)C)=C(O[Si](C)(C)C(C)(C)C)C2. The Morgan fingerprint density at radius 1 is 1.12 bits per heavy atom. The molecule has 1 saturated heterocycles. The minimum atomic E-state index is -2.30. The van der Waals surface area contributed by atoms with E-state index in [2.05, 4.69) is 33.9 Å². The van der Waals surface area contributed by atoms with Gasteiger partial charge in [0.25, 0.3) is 0 Å². The second-order valence-corrected chi connectivity index (χ2v) is 17.3. The van der Waals surface area contributed by atoms with Gasteiger partial charge < -0.3 is 18.6 Å². The molecule has 1 amide bonds. The van der Waals surface area contributed by atoms with Gasteiger partial charge in [0, 0.05) is 11.8 Å². The Morgan fingerprint density at radius 3 is 2.24 bits per heavy atom. The number of cyclic esters (lactones) is 1. The van der Waals surface area contributed by atoms with Crippen molar-refractivity contribution in [1.82, 2.24) is 4.90 Å². The summed E-state index contributed by atoms with van der Waals surface area (Å²) in [5.41, 5.74) is -1.09. The van der Waals surface area contributed by atoms with E-state index in [0.29, 0.717) is 12.2 Å². The molecule has 0 aromatic heterocycles. The molecule has 9 heteroatoms. The molecule has 3 heterocycles. The molecule has 0 aliphatic carbocycles. The summed E-state index contributed by atoms with van der Waals surface area (Å²) >= 11 is 0. The molecule has 0 radical (unpaired) electrons. The van der Waals surface area contributed by atoms with Crippen molar-refractivity contribution in [3.05, 3.63) is 23.5 Å². The number of esters is 2. The largest absolute Gasteiger partial charge is 0.546 e. The Kier molecular flexibility index (Phi) is 6.52. The number of hydrogen-bond donors (Lipinski definition) is 0. The zero-order valence-corrected chi connectivity index (χ0v) is 23.1. The zero-order valence-electron chi connectivity index (χ0n) is 22.1. The van der Waals surface area contributed by atoms with Crippen molar-refractivity contribution in [3.8, 4) is 0 Å². The fourth-order valence-electron chi connectivity index (χ4n) is 3.95. The average molecular weight is 494 g/mol. The van der Waals surface area contributed by atoms with E-state index in [0.717, 1.165) is 0 Å².